The molecule has 1 amide bonds. The van der Waals surface area contributed by atoms with E-state index in [1.165, 1.54) is 0 Å². The number of piperidine rings is 1. The number of carbonyl (C=O) groups excluding carboxylic acids is 1. The van der Waals surface area contributed by atoms with Crippen LogP contribution in [0.1, 0.15) is 36.2 Å². The van der Waals surface area contributed by atoms with Gasteiger partial charge in [-0.15, -0.1) is 0 Å². The Morgan fingerprint density at radius 1 is 1.31 bits per heavy atom. The Balaban J connectivity index is 1.57. The molecule has 6 nitrogen and oxygen atoms in total. The molecule has 138 valence electrons. The Hall–Kier alpha value is -2.63. The molecule has 0 aliphatic carbocycles. The van der Waals surface area contributed by atoms with Crippen LogP contribution in [0.4, 0.5) is 5.69 Å². The zero-order valence-corrected chi connectivity index (χ0v) is 15.4. The van der Waals surface area contributed by atoms with Gasteiger partial charge in [-0.25, -0.2) is 4.79 Å². The number of anilines is 1. The molecule has 1 saturated heterocycles. The normalized spacial score (nSPS) is 17.2. The van der Waals surface area contributed by atoms with Crippen molar-refractivity contribution in [2.75, 3.05) is 18.4 Å². The van der Waals surface area contributed by atoms with Crippen molar-refractivity contribution in [3.8, 4) is 0 Å². The number of hydrogen-bond acceptors (Lipinski definition) is 4. The summed E-state index contributed by atoms with van der Waals surface area (Å²) in [6.45, 7) is 5.22. The summed E-state index contributed by atoms with van der Waals surface area (Å²) in [6.07, 6.45) is 3.12. The molecular formula is C20H26N4O2. The molecule has 1 aliphatic rings. The topological polar surface area (TPSA) is 78.1 Å². The fourth-order valence-electron chi connectivity index (χ4n) is 3.60. The van der Waals surface area contributed by atoms with E-state index in [4.69, 9.17) is 0 Å². The van der Waals surface area contributed by atoms with Crippen LogP contribution in [0.3, 0.4) is 0 Å². The number of aryl methyl sites for hydroxylation is 2. The molecule has 6 heteroatoms. The van der Waals surface area contributed by atoms with Crippen molar-refractivity contribution in [3.05, 3.63) is 57.8 Å². The van der Waals surface area contributed by atoms with Gasteiger partial charge in [0.2, 0.25) is 5.91 Å². The summed E-state index contributed by atoms with van der Waals surface area (Å²) in [5.74, 6) is 0.162. The fourth-order valence-corrected chi connectivity index (χ4v) is 3.60. The van der Waals surface area contributed by atoms with Gasteiger partial charge in [0.1, 0.15) is 0 Å². The van der Waals surface area contributed by atoms with Gasteiger partial charge in [-0.2, -0.15) is 4.98 Å². The van der Waals surface area contributed by atoms with Crippen molar-refractivity contribution in [3.63, 3.8) is 0 Å². The molecule has 1 aromatic heterocycles. The molecule has 0 saturated carbocycles. The Bertz CT molecular complexity index is 790. The number of nitrogens with one attached hydrogen (secondary N) is 2. The number of H-pyrrole nitrogens is 1. The van der Waals surface area contributed by atoms with Crippen molar-refractivity contribution in [2.45, 2.75) is 45.6 Å². The monoisotopic (exact) mass is 354 g/mol. The van der Waals surface area contributed by atoms with Crippen LogP contribution in [-0.4, -0.2) is 39.9 Å². The number of aromatic amines is 1. The quantitative estimate of drug-likeness (QED) is 0.864. The minimum absolute atomic E-state index is 0.162. The van der Waals surface area contributed by atoms with E-state index in [9.17, 15) is 9.59 Å². The first-order valence-electron chi connectivity index (χ1n) is 9.18. The SMILES string of the molecule is Cc1nc(=O)[nH]c(C)c1CCC(=O)N1CCC[C@@H](Nc2ccccc2)C1. The molecule has 3 rings (SSSR count). The molecule has 1 fully saturated rings. The number of para-hydroxylation sites is 1. The van der Waals surface area contributed by atoms with Gasteiger partial charge in [-0.05, 0) is 50.8 Å². The van der Waals surface area contributed by atoms with Crippen LogP contribution in [0, 0.1) is 13.8 Å². The summed E-state index contributed by atoms with van der Waals surface area (Å²) in [5.41, 5.74) is 3.24. The third-order valence-corrected chi connectivity index (χ3v) is 4.96. The van der Waals surface area contributed by atoms with Gasteiger partial charge in [0.05, 0.1) is 0 Å². The molecular weight excluding hydrogens is 328 g/mol. The second-order valence-electron chi connectivity index (χ2n) is 6.92. The number of likely N-dealkylation sites (tertiary alicyclic amines) is 1. The standard InChI is InChI=1S/C20H26N4O2/c1-14-18(15(2)22-20(26)21-14)10-11-19(25)24-12-6-9-17(13-24)23-16-7-4-3-5-8-16/h3-5,7-8,17,23H,6,9-13H2,1-2H3,(H,21,22,26)/t17-/m1/s1. The molecule has 0 bridgehead atoms. The molecule has 2 aromatic rings. The van der Waals surface area contributed by atoms with Gasteiger partial charge in [-0.3, -0.25) is 4.79 Å². The van der Waals surface area contributed by atoms with Crippen LogP contribution in [0.2, 0.25) is 0 Å². The lowest BCUT2D eigenvalue weighted by molar-refractivity contribution is -0.132. The van der Waals surface area contributed by atoms with E-state index >= 15 is 0 Å². The van der Waals surface area contributed by atoms with Crippen LogP contribution in [0.25, 0.3) is 0 Å². The number of amides is 1. The Morgan fingerprint density at radius 3 is 2.81 bits per heavy atom. The summed E-state index contributed by atoms with van der Waals surface area (Å²) < 4.78 is 0. The molecule has 1 atom stereocenters. The molecule has 0 spiro atoms. The molecule has 1 aromatic carbocycles. The predicted octanol–water partition coefficient (Wildman–Crippen LogP) is 2.42. The van der Waals surface area contributed by atoms with Crippen molar-refractivity contribution in [1.29, 1.82) is 0 Å². The summed E-state index contributed by atoms with van der Waals surface area (Å²) >= 11 is 0. The molecule has 2 N–H and O–H groups in total. The Labute approximate surface area is 153 Å². The third-order valence-electron chi connectivity index (χ3n) is 4.96. The molecule has 0 unspecified atom stereocenters. The number of rotatable bonds is 5. The summed E-state index contributed by atoms with van der Waals surface area (Å²) in [4.78, 5) is 32.7. The number of benzene rings is 1. The minimum Gasteiger partial charge on any atom is -0.381 e. The van der Waals surface area contributed by atoms with E-state index in [0.717, 1.165) is 42.9 Å². The van der Waals surface area contributed by atoms with Crippen molar-refractivity contribution >= 4 is 11.6 Å². The lowest BCUT2D eigenvalue weighted by atomic mass is 10.0. The highest BCUT2D eigenvalue weighted by Crippen LogP contribution is 2.18. The van der Waals surface area contributed by atoms with E-state index in [1.807, 2.05) is 36.9 Å². The lowest BCUT2D eigenvalue weighted by Gasteiger charge is -2.34. The van der Waals surface area contributed by atoms with E-state index in [2.05, 4.69) is 27.4 Å². The second kappa shape index (κ2) is 8.17. The highest BCUT2D eigenvalue weighted by atomic mass is 16.2. The Kier molecular flexibility index (Phi) is 5.71. The molecule has 2 heterocycles. The zero-order valence-electron chi connectivity index (χ0n) is 15.4. The van der Waals surface area contributed by atoms with Crippen molar-refractivity contribution < 1.29 is 4.79 Å². The smallest absolute Gasteiger partial charge is 0.345 e. The molecule has 0 radical (unpaired) electrons. The van der Waals surface area contributed by atoms with E-state index in [1.54, 1.807) is 0 Å². The van der Waals surface area contributed by atoms with Crippen LogP contribution in [0.15, 0.2) is 35.1 Å². The largest absolute Gasteiger partial charge is 0.381 e. The first-order chi connectivity index (χ1) is 12.5. The number of aromatic nitrogens is 2. The maximum atomic E-state index is 12.7. The first kappa shape index (κ1) is 18.2. The summed E-state index contributed by atoms with van der Waals surface area (Å²) in [6, 6.07) is 10.4. The zero-order chi connectivity index (χ0) is 18.5. The lowest BCUT2D eigenvalue weighted by Crippen LogP contribution is -2.45. The number of nitrogens with zero attached hydrogens (tertiary/aromatic N) is 2. The maximum Gasteiger partial charge on any atom is 0.345 e. The molecule has 1 aliphatic heterocycles. The van der Waals surface area contributed by atoms with E-state index in [-0.39, 0.29) is 17.6 Å². The van der Waals surface area contributed by atoms with E-state index in [0.29, 0.717) is 18.5 Å². The second-order valence-corrected chi connectivity index (χ2v) is 6.92. The predicted molar refractivity (Wildman–Crippen MR) is 102 cm³/mol. The van der Waals surface area contributed by atoms with Gasteiger partial charge >= 0.3 is 5.69 Å². The van der Waals surface area contributed by atoms with Crippen molar-refractivity contribution in [2.24, 2.45) is 0 Å². The average molecular weight is 354 g/mol. The van der Waals surface area contributed by atoms with Crippen LogP contribution >= 0.6 is 0 Å². The number of carbonyl (C=O) groups is 1. The Morgan fingerprint density at radius 2 is 2.08 bits per heavy atom. The summed E-state index contributed by atoms with van der Waals surface area (Å²) in [7, 11) is 0. The highest BCUT2D eigenvalue weighted by Gasteiger charge is 2.23. The average Bonchev–Trinajstić information content (AvgIpc) is 2.61. The van der Waals surface area contributed by atoms with Crippen molar-refractivity contribution in [1.82, 2.24) is 14.9 Å². The minimum atomic E-state index is -0.332. The third kappa shape index (κ3) is 4.50. The number of hydrogen-bond donors (Lipinski definition) is 2. The molecule has 26 heavy (non-hydrogen) atoms. The van der Waals surface area contributed by atoms with Crippen LogP contribution in [0.5, 0.6) is 0 Å². The van der Waals surface area contributed by atoms with Crippen LogP contribution < -0.4 is 11.0 Å². The summed E-state index contributed by atoms with van der Waals surface area (Å²) in [5, 5.41) is 3.52. The van der Waals surface area contributed by atoms with Gasteiger partial charge in [0.15, 0.2) is 0 Å². The first-order valence-corrected chi connectivity index (χ1v) is 9.18. The van der Waals surface area contributed by atoms with Gasteiger partial charge in [0, 0.05) is 42.6 Å². The van der Waals surface area contributed by atoms with E-state index < -0.39 is 0 Å². The fraction of sp³-hybridized carbons (Fsp3) is 0.450. The van der Waals surface area contributed by atoms with Gasteiger partial charge in [0.25, 0.3) is 0 Å². The van der Waals surface area contributed by atoms with Gasteiger partial charge < -0.3 is 15.2 Å². The highest BCUT2D eigenvalue weighted by molar-refractivity contribution is 5.76. The van der Waals surface area contributed by atoms with Crippen LogP contribution in [-0.2, 0) is 11.2 Å². The van der Waals surface area contributed by atoms with Gasteiger partial charge in [-0.1, -0.05) is 18.2 Å². The maximum absolute atomic E-state index is 12.7.